The third-order valence-electron chi connectivity index (χ3n) is 5.79. The number of likely N-dealkylation sites (tertiary alicyclic amines) is 1. The number of aromatic nitrogens is 1. The van der Waals surface area contributed by atoms with Crippen LogP contribution >= 0.6 is 11.6 Å². The van der Waals surface area contributed by atoms with Gasteiger partial charge in [-0.1, -0.05) is 17.7 Å². The van der Waals surface area contributed by atoms with E-state index in [1.807, 2.05) is 17.2 Å². The van der Waals surface area contributed by atoms with Crippen LogP contribution in [0.4, 0.5) is 17.6 Å². The molecule has 5 nitrogen and oxygen atoms in total. The molecule has 0 unspecified atom stereocenters. The van der Waals surface area contributed by atoms with Gasteiger partial charge in [0, 0.05) is 42.7 Å². The van der Waals surface area contributed by atoms with E-state index in [0.29, 0.717) is 36.0 Å². The number of hydrogen-bond donors (Lipinski definition) is 1. The zero-order valence-corrected chi connectivity index (χ0v) is 19.4. The number of alkyl halides is 4. The molecule has 186 valence electrons. The van der Waals surface area contributed by atoms with Crippen LogP contribution in [0.15, 0.2) is 67.0 Å². The lowest BCUT2D eigenvalue weighted by Gasteiger charge is -2.34. The molecule has 3 aromatic rings. The molecule has 35 heavy (non-hydrogen) atoms. The number of hydrogen-bond acceptors (Lipinski definition) is 3. The number of amides is 1. The standard InChI is InChI=1S/C25H24ClF4N3O2/c26-19-2-1-3-21(12-19)35-16-24(34)31-23-9-10-32(15-22(23)27)13-17-8-11-33(14-17)20-6-4-18(5-7-20)25(28,29)30/h1-8,11-12,14,22-23H,9-10,13,15-16H2,(H,31,34)/t22-,23+/m0/s1. The molecule has 0 spiro atoms. The van der Waals surface area contributed by atoms with Crippen LogP contribution in [0.2, 0.25) is 5.02 Å². The minimum Gasteiger partial charge on any atom is -0.484 e. The molecular formula is C25H24ClF4N3O2. The van der Waals surface area contributed by atoms with Crippen molar-refractivity contribution in [3.63, 3.8) is 0 Å². The maximum atomic E-state index is 14.8. The maximum Gasteiger partial charge on any atom is 0.416 e. The first-order chi connectivity index (χ1) is 16.7. The Bertz CT molecular complexity index is 1150. The zero-order valence-electron chi connectivity index (χ0n) is 18.6. The van der Waals surface area contributed by atoms with Crippen LogP contribution in [0.25, 0.3) is 5.69 Å². The minimum absolute atomic E-state index is 0.158. The number of halogens is 5. The van der Waals surface area contributed by atoms with Crippen LogP contribution in [0.3, 0.4) is 0 Å². The third-order valence-corrected chi connectivity index (χ3v) is 6.03. The van der Waals surface area contributed by atoms with E-state index in [0.717, 1.165) is 17.7 Å². The van der Waals surface area contributed by atoms with Gasteiger partial charge in [0.25, 0.3) is 5.91 Å². The SMILES string of the molecule is O=C(COc1cccc(Cl)c1)N[C@@H]1CCN(Cc2ccn(-c3ccc(C(F)(F)F)cc3)c2)C[C@@H]1F. The molecule has 1 amide bonds. The van der Waals surface area contributed by atoms with Crippen molar-refractivity contribution in [2.24, 2.45) is 0 Å². The van der Waals surface area contributed by atoms with E-state index in [9.17, 15) is 22.4 Å². The van der Waals surface area contributed by atoms with Gasteiger partial charge in [0.1, 0.15) is 11.9 Å². The van der Waals surface area contributed by atoms with Gasteiger partial charge < -0.3 is 14.6 Å². The third kappa shape index (κ3) is 6.76. The van der Waals surface area contributed by atoms with Gasteiger partial charge in [-0.15, -0.1) is 0 Å². The Kier molecular flexibility index (Phi) is 7.66. The number of nitrogens with zero attached hydrogens (tertiary/aromatic N) is 2. The van der Waals surface area contributed by atoms with E-state index < -0.39 is 29.9 Å². The van der Waals surface area contributed by atoms with Crippen LogP contribution in [0.5, 0.6) is 5.75 Å². The van der Waals surface area contributed by atoms with Crippen molar-refractivity contribution >= 4 is 17.5 Å². The lowest BCUT2D eigenvalue weighted by molar-refractivity contribution is -0.137. The summed E-state index contributed by atoms with van der Waals surface area (Å²) in [7, 11) is 0. The van der Waals surface area contributed by atoms with E-state index in [-0.39, 0.29) is 13.2 Å². The highest BCUT2D eigenvalue weighted by atomic mass is 35.5. The molecule has 0 bridgehead atoms. The van der Waals surface area contributed by atoms with Gasteiger partial charge in [0.2, 0.25) is 0 Å². The van der Waals surface area contributed by atoms with Crippen molar-refractivity contribution in [1.82, 2.24) is 14.8 Å². The molecule has 1 aliphatic rings. The van der Waals surface area contributed by atoms with Crippen molar-refractivity contribution < 1.29 is 27.1 Å². The van der Waals surface area contributed by atoms with Gasteiger partial charge in [-0.25, -0.2) is 4.39 Å². The molecule has 2 heterocycles. The average Bonchev–Trinajstić information content (AvgIpc) is 3.27. The number of carbonyl (C=O) groups is 1. The van der Waals surface area contributed by atoms with E-state index in [1.54, 1.807) is 35.0 Å². The van der Waals surface area contributed by atoms with Crippen LogP contribution in [-0.4, -0.2) is 47.3 Å². The summed E-state index contributed by atoms with van der Waals surface area (Å²) >= 11 is 5.89. The van der Waals surface area contributed by atoms with Crippen LogP contribution < -0.4 is 10.1 Å². The number of rotatable bonds is 7. The molecule has 1 aliphatic heterocycles. The van der Waals surface area contributed by atoms with Crippen LogP contribution in [-0.2, 0) is 17.5 Å². The Morgan fingerprint density at radius 1 is 1.14 bits per heavy atom. The summed E-state index contributed by atoms with van der Waals surface area (Å²) in [6.45, 7) is 1.01. The molecule has 10 heteroatoms. The second kappa shape index (κ2) is 10.7. The number of carbonyl (C=O) groups excluding carboxylic acids is 1. The van der Waals surface area contributed by atoms with Gasteiger partial charge in [0.05, 0.1) is 11.6 Å². The molecule has 4 rings (SSSR count). The van der Waals surface area contributed by atoms with E-state index in [1.165, 1.54) is 12.1 Å². The van der Waals surface area contributed by atoms with Crippen LogP contribution in [0.1, 0.15) is 17.5 Å². The molecule has 1 saturated heterocycles. The summed E-state index contributed by atoms with van der Waals surface area (Å²) in [4.78, 5) is 14.1. The Morgan fingerprint density at radius 3 is 2.60 bits per heavy atom. The summed E-state index contributed by atoms with van der Waals surface area (Å²) in [5.74, 6) is 0.0576. The summed E-state index contributed by atoms with van der Waals surface area (Å²) in [5.41, 5.74) is 0.817. The van der Waals surface area contributed by atoms with E-state index in [2.05, 4.69) is 5.32 Å². The number of nitrogens with one attached hydrogen (secondary N) is 1. The average molecular weight is 510 g/mol. The molecule has 1 fully saturated rings. The summed E-state index contributed by atoms with van der Waals surface area (Å²) in [5, 5.41) is 3.19. The first kappa shape index (κ1) is 25.1. The van der Waals surface area contributed by atoms with Gasteiger partial charge in [-0.3, -0.25) is 9.69 Å². The molecule has 2 atom stereocenters. The second-order valence-electron chi connectivity index (χ2n) is 8.43. The van der Waals surface area contributed by atoms with E-state index >= 15 is 0 Å². The second-order valence-corrected chi connectivity index (χ2v) is 8.87. The zero-order chi connectivity index (χ0) is 25.0. The van der Waals surface area contributed by atoms with Crippen molar-refractivity contribution in [3.8, 4) is 11.4 Å². The van der Waals surface area contributed by atoms with Gasteiger partial charge in [-0.2, -0.15) is 13.2 Å². The fourth-order valence-electron chi connectivity index (χ4n) is 4.00. The minimum atomic E-state index is -4.38. The molecule has 0 radical (unpaired) electrons. The highest BCUT2D eigenvalue weighted by Crippen LogP contribution is 2.29. The summed E-state index contributed by atoms with van der Waals surface area (Å²) < 4.78 is 60.2. The first-order valence-electron chi connectivity index (χ1n) is 11.1. The monoisotopic (exact) mass is 509 g/mol. The van der Waals surface area contributed by atoms with Gasteiger partial charge in [-0.05, 0) is 60.5 Å². The van der Waals surface area contributed by atoms with Gasteiger partial charge in [0.15, 0.2) is 6.61 Å². The lowest BCUT2D eigenvalue weighted by Crippen LogP contribution is -2.52. The quantitative estimate of drug-likeness (QED) is 0.442. The predicted molar refractivity (Wildman–Crippen MR) is 124 cm³/mol. The summed E-state index contributed by atoms with van der Waals surface area (Å²) in [6, 6.07) is 12.8. The fourth-order valence-corrected chi connectivity index (χ4v) is 4.18. The lowest BCUT2D eigenvalue weighted by atomic mass is 10.0. The largest absolute Gasteiger partial charge is 0.484 e. The smallest absolute Gasteiger partial charge is 0.416 e. The predicted octanol–water partition coefficient (Wildman–Crippen LogP) is 5.26. The Labute approximate surface area is 205 Å². The van der Waals surface area contributed by atoms with Crippen LogP contribution in [0, 0.1) is 0 Å². The van der Waals surface area contributed by atoms with Crippen molar-refractivity contribution in [2.45, 2.75) is 31.4 Å². The molecule has 0 saturated carbocycles. The van der Waals surface area contributed by atoms with Crippen molar-refractivity contribution in [2.75, 3.05) is 19.7 Å². The topological polar surface area (TPSA) is 46.5 Å². The van der Waals surface area contributed by atoms with Gasteiger partial charge >= 0.3 is 6.18 Å². The highest BCUT2D eigenvalue weighted by molar-refractivity contribution is 6.30. The number of benzene rings is 2. The van der Waals surface area contributed by atoms with Crippen molar-refractivity contribution in [1.29, 1.82) is 0 Å². The Balaban J connectivity index is 1.25. The fraction of sp³-hybridized carbons (Fsp3) is 0.320. The molecular weight excluding hydrogens is 486 g/mol. The number of ether oxygens (including phenoxy) is 1. The normalized spacial score (nSPS) is 18.9. The summed E-state index contributed by atoms with van der Waals surface area (Å²) in [6.07, 6.45) is -1.59. The maximum absolute atomic E-state index is 14.8. The first-order valence-corrected chi connectivity index (χ1v) is 11.4. The van der Waals surface area contributed by atoms with E-state index in [4.69, 9.17) is 16.3 Å². The number of piperidine rings is 1. The molecule has 0 aliphatic carbocycles. The molecule has 2 aromatic carbocycles. The Morgan fingerprint density at radius 2 is 1.91 bits per heavy atom. The molecule has 1 N–H and O–H groups in total. The highest BCUT2D eigenvalue weighted by Gasteiger charge is 2.31. The Hall–Kier alpha value is -3.04. The van der Waals surface area contributed by atoms with Crippen molar-refractivity contribution in [3.05, 3.63) is 83.1 Å². The molecule has 1 aromatic heterocycles.